The minimum atomic E-state index is -0.0568. The van der Waals surface area contributed by atoms with Crippen LogP contribution in [0.15, 0.2) is 23.0 Å². The van der Waals surface area contributed by atoms with Crippen molar-refractivity contribution in [1.82, 2.24) is 9.55 Å². The van der Waals surface area contributed by atoms with Crippen molar-refractivity contribution < 1.29 is 4.74 Å². The molecule has 0 amide bonds. The van der Waals surface area contributed by atoms with Crippen LogP contribution < -0.4 is 11.3 Å². The van der Waals surface area contributed by atoms with Crippen molar-refractivity contribution in [3.8, 4) is 0 Å². The number of nitrogen functional groups attached to an aromatic ring is 1. The molecule has 1 aromatic carbocycles. The van der Waals surface area contributed by atoms with Crippen molar-refractivity contribution in [3.63, 3.8) is 0 Å². The Labute approximate surface area is 112 Å². The number of fused-ring (bicyclic) bond motifs is 1. The molecule has 2 N–H and O–H groups in total. The van der Waals surface area contributed by atoms with Crippen LogP contribution in [0.1, 0.15) is 25.2 Å². The maximum atomic E-state index is 12.6. The first-order chi connectivity index (χ1) is 9.08. The summed E-state index contributed by atoms with van der Waals surface area (Å²) >= 11 is 0. The van der Waals surface area contributed by atoms with Crippen LogP contribution >= 0.6 is 0 Å². The molecule has 19 heavy (non-hydrogen) atoms. The van der Waals surface area contributed by atoms with Crippen LogP contribution in [0, 0.1) is 6.92 Å². The molecule has 1 aromatic heterocycles. The molecular weight excluding hydrogens is 242 g/mol. The van der Waals surface area contributed by atoms with Gasteiger partial charge in [0.15, 0.2) is 0 Å². The van der Waals surface area contributed by atoms with Crippen LogP contribution in [0.3, 0.4) is 0 Å². The van der Waals surface area contributed by atoms with Crippen LogP contribution in [0.5, 0.6) is 0 Å². The topological polar surface area (TPSA) is 70.1 Å². The van der Waals surface area contributed by atoms with Gasteiger partial charge in [-0.2, -0.15) is 0 Å². The summed E-state index contributed by atoms with van der Waals surface area (Å²) in [5.41, 5.74) is 6.94. The molecule has 0 radical (unpaired) electrons. The van der Waals surface area contributed by atoms with E-state index in [0.29, 0.717) is 29.0 Å². The van der Waals surface area contributed by atoms with Gasteiger partial charge in [-0.25, -0.2) is 4.98 Å². The van der Waals surface area contributed by atoms with E-state index in [2.05, 4.69) is 4.98 Å². The molecule has 2 rings (SSSR count). The second-order valence-corrected chi connectivity index (χ2v) is 4.63. The Morgan fingerprint density at radius 3 is 2.84 bits per heavy atom. The van der Waals surface area contributed by atoms with Crippen LogP contribution in [-0.4, -0.2) is 23.3 Å². The summed E-state index contributed by atoms with van der Waals surface area (Å²) in [7, 11) is 1.63. The van der Waals surface area contributed by atoms with Gasteiger partial charge in [-0.1, -0.05) is 6.92 Å². The van der Waals surface area contributed by atoms with Crippen molar-refractivity contribution in [2.45, 2.75) is 26.3 Å². The first-order valence-corrected chi connectivity index (χ1v) is 6.35. The molecule has 0 spiro atoms. The second kappa shape index (κ2) is 5.40. The van der Waals surface area contributed by atoms with Gasteiger partial charge in [0.2, 0.25) is 0 Å². The summed E-state index contributed by atoms with van der Waals surface area (Å²) in [6.45, 7) is 4.36. The largest absolute Gasteiger partial charge is 0.399 e. The predicted octanol–water partition coefficient (Wildman–Crippen LogP) is 1.88. The molecule has 0 saturated carbocycles. The number of anilines is 1. The van der Waals surface area contributed by atoms with Gasteiger partial charge < -0.3 is 10.5 Å². The van der Waals surface area contributed by atoms with Crippen molar-refractivity contribution in [2.75, 3.05) is 19.5 Å². The van der Waals surface area contributed by atoms with E-state index in [1.54, 1.807) is 29.9 Å². The van der Waals surface area contributed by atoms with Crippen LogP contribution in [-0.2, 0) is 4.74 Å². The number of hydrogen-bond acceptors (Lipinski definition) is 4. The molecule has 1 heterocycles. The third-order valence-corrected chi connectivity index (χ3v) is 3.30. The molecule has 1 unspecified atom stereocenters. The lowest BCUT2D eigenvalue weighted by molar-refractivity contribution is 0.150. The van der Waals surface area contributed by atoms with E-state index in [1.165, 1.54) is 0 Å². The van der Waals surface area contributed by atoms with E-state index >= 15 is 0 Å². The van der Waals surface area contributed by atoms with Gasteiger partial charge in [-0.3, -0.25) is 9.36 Å². The van der Waals surface area contributed by atoms with Crippen molar-refractivity contribution in [2.24, 2.45) is 0 Å². The number of nitrogens with two attached hydrogens (primary N) is 1. The first kappa shape index (κ1) is 13.5. The van der Waals surface area contributed by atoms with Crippen molar-refractivity contribution in [1.29, 1.82) is 0 Å². The van der Waals surface area contributed by atoms with Crippen molar-refractivity contribution in [3.05, 3.63) is 34.4 Å². The fourth-order valence-electron chi connectivity index (χ4n) is 2.32. The Morgan fingerprint density at radius 1 is 1.47 bits per heavy atom. The lowest BCUT2D eigenvalue weighted by Crippen LogP contribution is -2.30. The molecule has 102 valence electrons. The zero-order valence-corrected chi connectivity index (χ0v) is 11.5. The van der Waals surface area contributed by atoms with E-state index in [4.69, 9.17) is 10.5 Å². The zero-order chi connectivity index (χ0) is 14.0. The predicted molar refractivity (Wildman–Crippen MR) is 76.4 cm³/mol. The molecule has 5 nitrogen and oxygen atoms in total. The molecule has 0 saturated heterocycles. The molecule has 0 aliphatic heterocycles. The SMILES string of the molecule is CCC(COC)n1c(C)nc2ccc(N)cc2c1=O. The quantitative estimate of drug-likeness (QED) is 0.853. The molecule has 0 aliphatic rings. The average molecular weight is 261 g/mol. The fraction of sp³-hybridized carbons (Fsp3) is 0.429. The summed E-state index contributed by atoms with van der Waals surface area (Å²) in [5, 5.41) is 0.556. The van der Waals surface area contributed by atoms with Gasteiger partial charge in [-0.15, -0.1) is 0 Å². The van der Waals surface area contributed by atoms with Gasteiger partial charge in [-0.05, 0) is 31.5 Å². The number of aryl methyl sites for hydroxylation is 1. The van der Waals surface area contributed by atoms with E-state index in [9.17, 15) is 4.79 Å². The minimum Gasteiger partial charge on any atom is -0.399 e. The highest BCUT2D eigenvalue weighted by Crippen LogP contribution is 2.16. The third kappa shape index (κ3) is 2.46. The van der Waals surface area contributed by atoms with E-state index in [1.807, 2.05) is 13.8 Å². The second-order valence-electron chi connectivity index (χ2n) is 4.63. The number of benzene rings is 1. The van der Waals surface area contributed by atoms with Gasteiger partial charge in [0.05, 0.1) is 23.6 Å². The summed E-state index contributed by atoms with van der Waals surface area (Å²) in [5.74, 6) is 0.700. The van der Waals surface area contributed by atoms with E-state index in [0.717, 1.165) is 6.42 Å². The highest BCUT2D eigenvalue weighted by atomic mass is 16.5. The average Bonchev–Trinajstić information content (AvgIpc) is 2.38. The standard InChI is InChI=1S/C14H19N3O2/c1-4-11(8-19-3)17-9(2)16-13-6-5-10(15)7-12(13)14(17)18/h5-7,11H,4,8,15H2,1-3H3. The number of hydrogen-bond donors (Lipinski definition) is 1. The van der Waals surface area contributed by atoms with Crippen molar-refractivity contribution >= 4 is 16.6 Å². The number of ether oxygens (including phenoxy) is 1. The van der Waals surface area contributed by atoms with Crippen LogP contribution in [0.4, 0.5) is 5.69 Å². The number of nitrogens with zero attached hydrogens (tertiary/aromatic N) is 2. The minimum absolute atomic E-state index is 0.00386. The number of rotatable bonds is 4. The maximum absolute atomic E-state index is 12.6. The highest BCUT2D eigenvalue weighted by molar-refractivity contribution is 5.81. The third-order valence-electron chi connectivity index (χ3n) is 3.30. The molecule has 5 heteroatoms. The smallest absolute Gasteiger partial charge is 0.261 e. The lowest BCUT2D eigenvalue weighted by Gasteiger charge is -2.20. The van der Waals surface area contributed by atoms with Gasteiger partial charge in [0.1, 0.15) is 5.82 Å². The number of methoxy groups -OCH3 is 1. The molecule has 1 atom stereocenters. The van der Waals surface area contributed by atoms with Gasteiger partial charge >= 0.3 is 0 Å². The van der Waals surface area contributed by atoms with Gasteiger partial charge in [0, 0.05) is 12.8 Å². The molecule has 0 fully saturated rings. The monoisotopic (exact) mass is 261 g/mol. The summed E-state index contributed by atoms with van der Waals surface area (Å²) in [6, 6.07) is 5.21. The Morgan fingerprint density at radius 2 is 2.21 bits per heavy atom. The normalized spacial score (nSPS) is 12.8. The Balaban J connectivity index is 2.70. The summed E-state index contributed by atoms with van der Waals surface area (Å²) in [4.78, 5) is 17.1. The molecule has 0 aliphatic carbocycles. The highest BCUT2D eigenvalue weighted by Gasteiger charge is 2.15. The Hall–Kier alpha value is -1.88. The molecule has 0 bridgehead atoms. The van der Waals surface area contributed by atoms with Crippen LogP contribution in [0.25, 0.3) is 10.9 Å². The van der Waals surface area contributed by atoms with Gasteiger partial charge in [0.25, 0.3) is 5.56 Å². The summed E-state index contributed by atoms with van der Waals surface area (Å²) < 4.78 is 6.88. The maximum Gasteiger partial charge on any atom is 0.261 e. The first-order valence-electron chi connectivity index (χ1n) is 6.35. The fourth-order valence-corrected chi connectivity index (χ4v) is 2.32. The zero-order valence-electron chi connectivity index (χ0n) is 11.5. The molecular formula is C14H19N3O2. The Bertz CT molecular complexity index is 649. The summed E-state index contributed by atoms with van der Waals surface area (Å²) in [6.07, 6.45) is 0.810. The molecule has 2 aromatic rings. The lowest BCUT2D eigenvalue weighted by atomic mass is 10.2. The van der Waals surface area contributed by atoms with E-state index < -0.39 is 0 Å². The Kier molecular flexibility index (Phi) is 3.85. The van der Waals surface area contributed by atoms with E-state index in [-0.39, 0.29) is 11.6 Å². The number of aromatic nitrogens is 2. The van der Waals surface area contributed by atoms with Crippen LogP contribution in [0.2, 0.25) is 0 Å².